The number of hydrogen-bond acceptors (Lipinski definition) is 4. The number of benzene rings is 2. The first-order chi connectivity index (χ1) is 10.8. The lowest BCUT2D eigenvalue weighted by atomic mass is 10.00. The topological polar surface area (TPSA) is 119 Å². The predicted molar refractivity (Wildman–Crippen MR) is 88.7 cm³/mol. The lowest BCUT2D eigenvalue weighted by Gasteiger charge is -2.07. The third-order valence-electron chi connectivity index (χ3n) is 3.68. The Morgan fingerprint density at radius 3 is 2.52 bits per heavy atom. The number of fused-ring (bicyclic) bond motifs is 1. The van der Waals surface area contributed by atoms with Crippen molar-refractivity contribution in [2.45, 2.75) is 11.8 Å². The van der Waals surface area contributed by atoms with Crippen LogP contribution < -0.4 is 10.9 Å². The van der Waals surface area contributed by atoms with Gasteiger partial charge in [0.1, 0.15) is 0 Å². The zero-order chi connectivity index (χ0) is 16.8. The first-order valence-electron chi connectivity index (χ1n) is 6.83. The average Bonchev–Trinajstić information content (AvgIpc) is 2.81. The Labute approximate surface area is 133 Å². The van der Waals surface area contributed by atoms with E-state index in [1.54, 1.807) is 31.2 Å². The van der Waals surface area contributed by atoms with Crippen molar-refractivity contribution in [1.82, 2.24) is 4.98 Å². The molecular weight excluding hydrogens is 314 g/mol. The number of rotatable bonds is 3. The van der Waals surface area contributed by atoms with Gasteiger partial charge in [0.2, 0.25) is 10.0 Å². The number of nitrogen functional groups attached to an aromatic ring is 1. The fourth-order valence-corrected chi connectivity index (χ4v) is 3.41. The van der Waals surface area contributed by atoms with Gasteiger partial charge >= 0.3 is 0 Å². The largest absolute Gasteiger partial charge is 0.399 e. The van der Waals surface area contributed by atoms with Gasteiger partial charge in [-0.15, -0.1) is 0 Å². The Balaban J connectivity index is 2.27. The maximum atomic E-state index is 12.9. The number of sulfonamides is 1. The maximum Gasteiger partial charge on any atom is 0.238 e. The molecular formula is C16H15N3O3S. The van der Waals surface area contributed by atoms with Gasteiger partial charge in [0.15, 0.2) is 5.78 Å². The van der Waals surface area contributed by atoms with Crippen LogP contribution >= 0.6 is 0 Å². The number of anilines is 1. The average molecular weight is 329 g/mol. The SMILES string of the molecule is Cc1[nH]c2ccc(N)cc2c1C(=O)c1ccccc1S(N)(=O)=O. The van der Waals surface area contributed by atoms with E-state index in [0.717, 1.165) is 5.52 Å². The van der Waals surface area contributed by atoms with Crippen LogP contribution in [0.5, 0.6) is 0 Å². The summed E-state index contributed by atoms with van der Waals surface area (Å²) in [7, 11) is -4.00. The molecule has 3 aromatic rings. The van der Waals surface area contributed by atoms with Gasteiger partial charge in [-0.2, -0.15) is 0 Å². The number of aromatic nitrogens is 1. The molecule has 1 heterocycles. The summed E-state index contributed by atoms with van der Waals surface area (Å²) in [5.41, 5.74) is 8.15. The van der Waals surface area contributed by atoms with Crippen LogP contribution in [0.2, 0.25) is 0 Å². The minimum absolute atomic E-state index is 0.0430. The van der Waals surface area contributed by atoms with E-state index in [4.69, 9.17) is 10.9 Å². The van der Waals surface area contributed by atoms with E-state index in [0.29, 0.717) is 22.3 Å². The van der Waals surface area contributed by atoms with Crippen LogP contribution in [0.25, 0.3) is 10.9 Å². The fourth-order valence-electron chi connectivity index (χ4n) is 2.67. The van der Waals surface area contributed by atoms with Gasteiger partial charge in [0, 0.05) is 27.8 Å². The molecule has 23 heavy (non-hydrogen) atoms. The highest BCUT2D eigenvalue weighted by Crippen LogP contribution is 2.28. The summed E-state index contributed by atoms with van der Waals surface area (Å²) in [6.07, 6.45) is 0. The van der Waals surface area contributed by atoms with E-state index in [-0.39, 0.29) is 10.5 Å². The molecule has 3 rings (SSSR count). The Morgan fingerprint density at radius 2 is 1.83 bits per heavy atom. The number of nitrogens with one attached hydrogen (secondary N) is 1. The smallest absolute Gasteiger partial charge is 0.238 e. The number of H-pyrrole nitrogens is 1. The normalized spacial score (nSPS) is 11.7. The Morgan fingerprint density at radius 1 is 1.13 bits per heavy atom. The molecule has 0 fully saturated rings. The lowest BCUT2D eigenvalue weighted by molar-refractivity contribution is 0.103. The summed E-state index contributed by atoms with van der Waals surface area (Å²) in [5, 5.41) is 5.87. The molecule has 6 nitrogen and oxygen atoms in total. The van der Waals surface area contributed by atoms with Crippen molar-refractivity contribution >= 4 is 32.4 Å². The molecule has 0 radical (unpaired) electrons. The Kier molecular flexibility index (Phi) is 3.46. The molecule has 0 atom stereocenters. The van der Waals surface area contributed by atoms with E-state index in [1.165, 1.54) is 18.2 Å². The van der Waals surface area contributed by atoms with Crippen molar-refractivity contribution in [3.05, 3.63) is 59.3 Å². The minimum Gasteiger partial charge on any atom is -0.399 e. The molecule has 0 amide bonds. The molecule has 118 valence electrons. The summed E-state index contributed by atoms with van der Waals surface area (Å²) in [6, 6.07) is 11.1. The van der Waals surface area contributed by atoms with Crippen LogP contribution in [0.15, 0.2) is 47.4 Å². The van der Waals surface area contributed by atoms with Crippen LogP contribution in [-0.2, 0) is 10.0 Å². The summed E-state index contributed by atoms with van der Waals surface area (Å²) in [4.78, 5) is 15.9. The molecule has 0 saturated heterocycles. The van der Waals surface area contributed by atoms with Crippen LogP contribution in [-0.4, -0.2) is 19.2 Å². The number of ketones is 1. The maximum absolute atomic E-state index is 12.9. The number of aryl methyl sites for hydroxylation is 1. The van der Waals surface area contributed by atoms with Crippen LogP contribution in [0.1, 0.15) is 21.6 Å². The summed E-state index contributed by atoms with van der Waals surface area (Å²) >= 11 is 0. The standard InChI is InChI=1S/C16H15N3O3S/c1-9-15(12-8-10(17)6-7-13(12)19-9)16(20)11-4-2-3-5-14(11)23(18,21)22/h2-8,19H,17H2,1H3,(H2,18,21,22). The van der Waals surface area contributed by atoms with Gasteiger partial charge in [-0.25, -0.2) is 13.6 Å². The van der Waals surface area contributed by atoms with Crippen molar-refractivity contribution in [1.29, 1.82) is 0 Å². The number of aromatic amines is 1. The first kappa shape index (κ1) is 15.3. The van der Waals surface area contributed by atoms with Crippen molar-refractivity contribution in [2.75, 3.05) is 5.73 Å². The molecule has 0 aliphatic carbocycles. The second-order valence-electron chi connectivity index (χ2n) is 5.30. The first-order valence-corrected chi connectivity index (χ1v) is 8.38. The minimum atomic E-state index is -4.00. The second kappa shape index (κ2) is 5.22. The van der Waals surface area contributed by atoms with E-state index in [9.17, 15) is 13.2 Å². The molecule has 0 unspecified atom stereocenters. The van der Waals surface area contributed by atoms with Gasteiger partial charge in [0.25, 0.3) is 0 Å². The quantitative estimate of drug-likeness (QED) is 0.502. The molecule has 0 bridgehead atoms. The molecule has 0 aliphatic rings. The van der Waals surface area contributed by atoms with Crippen molar-refractivity contribution in [3.63, 3.8) is 0 Å². The summed E-state index contributed by atoms with van der Waals surface area (Å²) in [6.45, 7) is 1.75. The van der Waals surface area contributed by atoms with Crippen LogP contribution in [0.4, 0.5) is 5.69 Å². The molecule has 0 aliphatic heterocycles. The molecule has 2 aromatic carbocycles. The number of primary sulfonamides is 1. The monoisotopic (exact) mass is 329 g/mol. The van der Waals surface area contributed by atoms with Gasteiger partial charge < -0.3 is 10.7 Å². The summed E-state index contributed by atoms with van der Waals surface area (Å²) < 4.78 is 23.5. The number of nitrogens with two attached hydrogens (primary N) is 2. The third kappa shape index (κ3) is 2.60. The zero-order valence-corrected chi connectivity index (χ0v) is 13.1. The van der Waals surface area contributed by atoms with E-state index < -0.39 is 15.8 Å². The van der Waals surface area contributed by atoms with Crippen molar-refractivity contribution in [3.8, 4) is 0 Å². The highest BCUT2D eigenvalue weighted by molar-refractivity contribution is 7.89. The molecule has 7 heteroatoms. The number of carbonyl (C=O) groups excluding carboxylic acids is 1. The molecule has 5 N–H and O–H groups in total. The molecule has 1 aromatic heterocycles. The third-order valence-corrected chi connectivity index (χ3v) is 4.64. The highest BCUT2D eigenvalue weighted by Gasteiger charge is 2.23. The zero-order valence-electron chi connectivity index (χ0n) is 12.3. The van der Waals surface area contributed by atoms with Gasteiger partial charge in [0.05, 0.1) is 10.5 Å². The fraction of sp³-hybridized carbons (Fsp3) is 0.0625. The number of hydrogen-bond donors (Lipinski definition) is 3. The van der Waals surface area contributed by atoms with Gasteiger partial charge in [-0.3, -0.25) is 4.79 Å². The Hall–Kier alpha value is -2.64. The Bertz CT molecular complexity index is 1040. The number of carbonyl (C=O) groups is 1. The van der Waals surface area contributed by atoms with Crippen LogP contribution in [0, 0.1) is 6.92 Å². The van der Waals surface area contributed by atoms with Crippen LogP contribution in [0.3, 0.4) is 0 Å². The van der Waals surface area contributed by atoms with Crippen molar-refractivity contribution in [2.24, 2.45) is 5.14 Å². The molecule has 0 saturated carbocycles. The van der Waals surface area contributed by atoms with Crippen molar-refractivity contribution < 1.29 is 13.2 Å². The summed E-state index contributed by atoms with van der Waals surface area (Å²) in [5.74, 6) is -0.413. The van der Waals surface area contributed by atoms with Gasteiger partial charge in [-0.05, 0) is 37.3 Å². The van der Waals surface area contributed by atoms with E-state index in [1.807, 2.05) is 0 Å². The van der Waals surface area contributed by atoms with E-state index in [2.05, 4.69) is 4.98 Å². The molecule has 0 spiro atoms. The second-order valence-corrected chi connectivity index (χ2v) is 6.83. The highest BCUT2D eigenvalue weighted by atomic mass is 32.2. The van der Waals surface area contributed by atoms with E-state index >= 15 is 0 Å². The predicted octanol–water partition coefficient (Wildman–Crippen LogP) is 1.94. The lowest BCUT2D eigenvalue weighted by Crippen LogP contribution is -2.17. The van der Waals surface area contributed by atoms with Gasteiger partial charge in [-0.1, -0.05) is 12.1 Å².